The zero-order valence-electron chi connectivity index (χ0n) is 5.26. The summed E-state index contributed by atoms with van der Waals surface area (Å²) in [5.41, 5.74) is 0. The van der Waals surface area contributed by atoms with Crippen LogP contribution in [0.15, 0.2) is 12.4 Å². The topological polar surface area (TPSA) is 40.1 Å². The van der Waals surface area contributed by atoms with Gasteiger partial charge in [-0.3, -0.25) is 0 Å². The van der Waals surface area contributed by atoms with Gasteiger partial charge in [-0.05, 0) is 12.0 Å². The molecule has 0 aliphatic rings. The van der Waals surface area contributed by atoms with Gasteiger partial charge in [0.2, 0.25) is 0 Å². The smallest absolute Gasteiger partial charge is 0.796 e. The summed E-state index contributed by atoms with van der Waals surface area (Å²) in [7, 11) is -3.14. The van der Waals surface area contributed by atoms with Crippen molar-refractivity contribution in [2.24, 2.45) is 0 Å². The van der Waals surface area contributed by atoms with Crippen molar-refractivity contribution in [2.45, 2.75) is 6.92 Å². The van der Waals surface area contributed by atoms with E-state index in [1.54, 1.807) is 6.92 Å². The first-order valence-electron chi connectivity index (χ1n) is 2.05. The Morgan fingerprint density at radius 3 is 2.25 bits per heavy atom. The molecule has 0 aliphatic heterocycles. The van der Waals surface area contributed by atoms with Gasteiger partial charge in [0.05, 0.1) is 0 Å². The van der Waals surface area contributed by atoms with E-state index in [-0.39, 0.29) is 35.7 Å². The Morgan fingerprint density at radius 2 is 2.25 bits per heavy atom. The maximum absolute atomic E-state index is 10.3. The van der Waals surface area contributed by atoms with E-state index in [2.05, 4.69) is 6.58 Å². The summed E-state index contributed by atoms with van der Waals surface area (Å²) >= 11 is 0. The number of rotatable bonds is 2. The molecule has 0 fully saturated rings. The van der Waals surface area contributed by atoms with Gasteiger partial charge in [-0.2, -0.15) is 0 Å². The molecule has 4 heteroatoms. The van der Waals surface area contributed by atoms with E-state index in [0.29, 0.717) is 0 Å². The zero-order chi connectivity index (χ0) is 5.91. The predicted molar refractivity (Wildman–Crippen MR) is 28.3 cm³/mol. The molecular weight excluding hydrogens is 134 g/mol. The van der Waals surface area contributed by atoms with Crippen molar-refractivity contribution in [1.82, 2.24) is 0 Å². The third-order valence-corrected chi connectivity index (χ3v) is 2.16. The molecule has 0 heterocycles. The summed E-state index contributed by atoms with van der Waals surface area (Å²) in [4.78, 5) is 10.3. The summed E-state index contributed by atoms with van der Waals surface area (Å²) in [5.74, 6) is 0.993. The van der Waals surface area contributed by atoms with Crippen LogP contribution in [0.25, 0.3) is 0 Å². The fourth-order valence-corrected chi connectivity index (χ4v) is 0.387. The van der Waals surface area contributed by atoms with E-state index >= 15 is 0 Å². The quantitative estimate of drug-likeness (QED) is 0.324. The van der Waals surface area contributed by atoms with Crippen LogP contribution in [0.1, 0.15) is 6.92 Å². The van der Waals surface area contributed by atoms with E-state index in [1.165, 1.54) is 0 Å². The largest absolute Gasteiger partial charge is 1.00 e. The van der Waals surface area contributed by atoms with Gasteiger partial charge in [0, 0.05) is 7.37 Å². The Morgan fingerprint density at radius 1 is 1.88 bits per heavy atom. The first kappa shape index (κ1) is 11.7. The second-order valence-electron chi connectivity index (χ2n) is 1.22. The van der Waals surface area contributed by atoms with Gasteiger partial charge in [0.15, 0.2) is 0 Å². The summed E-state index contributed by atoms with van der Waals surface area (Å²) in [5, 5.41) is 0. The van der Waals surface area contributed by atoms with Gasteiger partial charge in [-0.15, -0.1) is 0 Å². The molecular formula is C4H8NaO2P. The van der Waals surface area contributed by atoms with E-state index in [0.717, 1.165) is 5.82 Å². The van der Waals surface area contributed by atoms with E-state index in [4.69, 9.17) is 0 Å². The van der Waals surface area contributed by atoms with E-state index in [1.807, 2.05) is 0 Å². The van der Waals surface area contributed by atoms with Gasteiger partial charge >= 0.3 is 29.6 Å². The standard InChI is InChI=1S/C4H9O2P.Na/c1-3-7(5,6)4-2;/h3H,1,4H2,2H3,(H,5,6);/q;+1/p-1. The fraction of sp³-hybridized carbons (Fsp3) is 0.500. The molecule has 0 saturated heterocycles. The molecule has 2 nitrogen and oxygen atoms in total. The fourth-order valence-electron chi connectivity index (χ4n) is 0.129. The van der Waals surface area contributed by atoms with Crippen molar-refractivity contribution >= 4 is 7.37 Å². The maximum Gasteiger partial charge on any atom is 1.00 e. The average Bonchev–Trinajstić information content (AvgIpc) is 1.68. The van der Waals surface area contributed by atoms with Crippen molar-refractivity contribution in [2.75, 3.05) is 6.16 Å². The zero-order valence-corrected chi connectivity index (χ0v) is 8.15. The van der Waals surface area contributed by atoms with Crippen molar-refractivity contribution < 1.29 is 39.0 Å². The molecule has 0 amide bonds. The van der Waals surface area contributed by atoms with Crippen LogP contribution in [0.5, 0.6) is 0 Å². The number of hydrogen-bond acceptors (Lipinski definition) is 2. The molecule has 0 aromatic carbocycles. The molecule has 0 aromatic heterocycles. The SMILES string of the molecule is C=CP(=O)([O-])CC.[Na+]. The van der Waals surface area contributed by atoms with Crippen molar-refractivity contribution in [1.29, 1.82) is 0 Å². The molecule has 0 radical (unpaired) electrons. The summed E-state index contributed by atoms with van der Waals surface area (Å²) in [6.07, 6.45) is 0.177. The Kier molecular flexibility index (Phi) is 6.98. The van der Waals surface area contributed by atoms with Crippen LogP contribution in [0.4, 0.5) is 0 Å². The maximum atomic E-state index is 10.3. The van der Waals surface area contributed by atoms with Crippen LogP contribution >= 0.6 is 7.37 Å². The van der Waals surface area contributed by atoms with Gasteiger partial charge in [-0.1, -0.05) is 13.5 Å². The molecule has 0 bridgehead atoms. The Bertz CT molecular complexity index is 113. The molecule has 42 valence electrons. The molecule has 0 spiro atoms. The van der Waals surface area contributed by atoms with E-state index < -0.39 is 7.37 Å². The van der Waals surface area contributed by atoms with Gasteiger partial charge in [0.25, 0.3) is 0 Å². The van der Waals surface area contributed by atoms with Gasteiger partial charge < -0.3 is 9.46 Å². The van der Waals surface area contributed by atoms with Crippen molar-refractivity contribution in [3.63, 3.8) is 0 Å². The molecule has 0 saturated carbocycles. The second kappa shape index (κ2) is 4.78. The van der Waals surface area contributed by atoms with Crippen LogP contribution in [0.2, 0.25) is 0 Å². The molecule has 0 rings (SSSR count). The summed E-state index contributed by atoms with van der Waals surface area (Å²) < 4.78 is 10.3. The van der Waals surface area contributed by atoms with Crippen LogP contribution in [0, 0.1) is 0 Å². The Balaban J connectivity index is 0. The third kappa shape index (κ3) is 5.07. The van der Waals surface area contributed by atoms with Crippen LogP contribution < -0.4 is 34.5 Å². The molecule has 8 heavy (non-hydrogen) atoms. The Hall–Kier alpha value is 0.930. The summed E-state index contributed by atoms with van der Waals surface area (Å²) in [6, 6.07) is 0. The molecule has 0 N–H and O–H groups in total. The van der Waals surface area contributed by atoms with Crippen LogP contribution in [-0.2, 0) is 4.57 Å². The van der Waals surface area contributed by atoms with E-state index in [9.17, 15) is 9.46 Å². The molecule has 1 atom stereocenters. The average molecular weight is 142 g/mol. The second-order valence-corrected chi connectivity index (χ2v) is 3.67. The number of hydrogen-bond donors (Lipinski definition) is 0. The Labute approximate surface area is 71.7 Å². The van der Waals surface area contributed by atoms with Crippen molar-refractivity contribution in [3.8, 4) is 0 Å². The first-order valence-corrected chi connectivity index (χ1v) is 3.93. The minimum atomic E-state index is -3.14. The van der Waals surface area contributed by atoms with Gasteiger partial charge in [0.1, 0.15) is 0 Å². The minimum absolute atomic E-state index is 0. The molecule has 0 aliphatic carbocycles. The van der Waals surface area contributed by atoms with Gasteiger partial charge in [-0.25, -0.2) is 0 Å². The minimum Gasteiger partial charge on any atom is -0.796 e. The van der Waals surface area contributed by atoms with Crippen LogP contribution in [-0.4, -0.2) is 6.16 Å². The van der Waals surface area contributed by atoms with Crippen LogP contribution in [0.3, 0.4) is 0 Å². The first-order chi connectivity index (χ1) is 3.12. The predicted octanol–water partition coefficient (Wildman–Crippen LogP) is -2.21. The molecule has 0 aromatic rings. The third-order valence-electron chi connectivity index (χ3n) is 0.719. The summed E-state index contributed by atoms with van der Waals surface area (Å²) in [6.45, 7) is 4.72. The molecule has 1 unspecified atom stereocenters. The normalized spacial score (nSPS) is 15.8. The monoisotopic (exact) mass is 142 g/mol. The van der Waals surface area contributed by atoms with Crippen molar-refractivity contribution in [3.05, 3.63) is 12.4 Å².